The molecule has 0 spiro atoms. The summed E-state index contributed by atoms with van der Waals surface area (Å²) in [6, 6.07) is 0. The van der Waals surface area contributed by atoms with Gasteiger partial charge in [-0.25, -0.2) is 4.84 Å². The largest absolute Gasteiger partial charge is 0.204 e. The molecule has 0 bridgehead atoms. The molecule has 2 nitrogen and oxygen atoms in total. The summed E-state index contributed by atoms with van der Waals surface area (Å²) in [4.78, 5) is 5.59. The van der Waals surface area contributed by atoms with Crippen LogP contribution in [0.5, 0.6) is 0 Å². The minimum absolute atomic E-state index is 0.621. The lowest BCUT2D eigenvalue weighted by atomic mass is 10.1. The van der Waals surface area contributed by atoms with E-state index in [1.54, 1.807) is 0 Å². The molecule has 0 aliphatic heterocycles. The number of unbranched alkanes of at least 4 members (excludes halogenated alkanes) is 6. The van der Waals surface area contributed by atoms with E-state index in [1.807, 2.05) is 0 Å². The lowest BCUT2D eigenvalue weighted by molar-refractivity contribution is -1.06. The quantitative estimate of drug-likeness (QED) is 0.316. The van der Waals surface area contributed by atoms with Crippen molar-refractivity contribution in [2.24, 2.45) is 0 Å². The fourth-order valence-electron chi connectivity index (χ4n) is 1.40. The van der Waals surface area contributed by atoms with Crippen molar-refractivity contribution in [2.75, 3.05) is 27.7 Å². The van der Waals surface area contributed by atoms with E-state index in [0.29, 0.717) is 4.65 Å². The van der Waals surface area contributed by atoms with Crippen LogP contribution in [0.2, 0.25) is 0 Å². The normalized spacial score (nSPS) is 12.0. The topological polar surface area (TPSA) is 9.23 Å². The van der Waals surface area contributed by atoms with Gasteiger partial charge in [0.15, 0.2) is 0 Å². The molecule has 0 aromatic rings. The van der Waals surface area contributed by atoms with Crippen LogP contribution >= 0.6 is 0 Å². The maximum atomic E-state index is 5.59. The van der Waals surface area contributed by atoms with Gasteiger partial charge in [0.2, 0.25) is 0 Å². The highest BCUT2D eigenvalue weighted by atomic mass is 16.7. The van der Waals surface area contributed by atoms with E-state index in [1.165, 1.54) is 44.9 Å². The van der Waals surface area contributed by atoms with Gasteiger partial charge in [0, 0.05) is 0 Å². The summed E-state index contributed by atoms with van der Waals surface area (Å²) in [5, 5.41) is 0. The average Bonchev–Trinajstić information content (AvgIpc) is 2.08. The molecule has 0 radical (unpaired) electrons. The van der Waals surface area contributed by atoms with Crippen LogP contribution in [-0.2, 0) is 4.84 Å². The van der Waals surface area contributed by atoms with Crippen LogP contribution in [0.4, 0.5) is 0 Å². The van der Waals surface area contributed by atoms with Crippen molar-refractivity contribution in [3.8, 4) is 0 Å². The van der Waals surface area contributed by atoms with Gasteiger partial charge in [-0.05, 0) is 6.42 Å². The molecule has 0 heterocycles. The lowest BCUT2D eigenvalue weighted by Crippen LogP contribution is -2.34. The molecule has 0 atom stereocenters. The minimum Gasteiger partial charge on any atom is -0.204 e. The zero-order valence-corrected chi connectivity index (χ0v) is 10.5. The van der Waals surface area contributed by atoms with E-state index in [9.17, 15) is 0 Å². The molecule has 0 amide bonds. The third-order valence-electron chi connectivity index (χ3n) is 2.23. The van der Waals surface area contributed by atoms with Crippen molar-refractivity contribution in [3.05, 3.63) is 0 Å². The Bertz CT molecular complexity index is 118. The first kappa shape index (κ1) is 13.9. The highest BCUT2D eigenvalue weighted by Gasteiger charge is 2.06. The Morgan fingerprint density at radius 1 is 0.786 bits per heavy atom. The van der Waals surface area contributed by atoms with Gasteiger partial charge in [-0.3, -0.25) is 0 Å². The molecule has 14 heavy (non-hydrogen) atoms. The Morgan fingerprint density at radius 2 is 1.29 bits per heavy atom. The third kappa shape index (κ3) is 11.9. The maximum Gasteiger partial charge on any atom is 0.106 e. The number of quaternary nitrogens is 1. The first-order valence-electron chi connectivity index (χ1n) is 6.02. The van der Waals surface area contributed by atoms with Crippen LogP contribution in [0.25, 0.3) is 0 Å². The molecule has 0 unspecified atom stereocenters. The van der Waals surface area contributed by atoms with Crippen LogP contribution in [0.15, 0.2) is 0 Å². The number of hydroxylamine groups is 3. The Labute approximate surface area is 89.8 Å². The Kier molecular flexibility index (Phi) is 8.20. The number of rotatable bonds is 9. The predicted octanol–water partition coefficient (Wildman–Crippen LogP) is 3.37. The second-order valence-corrected chi connectivity index (χ2v) is 4.84. The molecule has 0 aliphatic carbocycles. The van der Waals surface area contributed by atoms with E-state index in [0.717, 1.165) is 6.61 Å². The molecule has 0 aromatic heterocycles. The van der Waals surface area contributed by atoms with Crippen LogP contribution in [0.1, 0.15) is 51.9 Å². The smallest absolute Gasteiger partial charge is 0.106 e. The molecule has 0 aliphatic rings. The fourth-order valence-corrected chi connectivity index (χ4v) is 1.40. The molecular formula is C12H28NO+. The molecule has 0 rings (SSSR count). The van der Waals surface area contributed by atoms with Crippen molar-refractivity contribution < 1.29 is 9.48 Å². The molecule has 86 valence electrons. The van der Waals surface area contributed by atoms with Crippen molar-refractivity contribution >= 4 is 0 Å². The second kappa shape index (κ2) is 8.25. The summed E-state index contributed by atoms with van der Waals surface area (Å²) in [7, 11) is 6.17. The summed E-state index contributed by atoms with van der Waals surface area (Å²) in [6.45, 7) is 3.16. The van der Waals surface area contributed by atoms with Gasteiger partial charge >= 0.3 is 0 Å². The van der Waals surface area contributed by atoms with E-state index in [-0.39, 0.29) is 0 Å². The Morgan fingerprint density at radius 3 is 1.79 bits per heavy atom. The predicted molar refractivity (Wildman–Crippen MR) is 62.0 cm³/mol. The van der Waals surface area contributed by atoms with Crippen molar-refractivity contribution in [2.45, 2.75) is 51.9 Å². The highest BCUT2D eigenvalue weighted by Crippen LogP contribution is 2.07. The van der Waals surface area contributed by atoms with E-state index < -0.39 is 0 Å². The highest BCUT2D eigenvalue weighted by molar-refractivity contribution is 4.43. The molecule has 0 saturated heterocycles. The lowest BCUT2D eigenvalue weighted by Gasteiger charge is -2.20. The van der Waals surface area contributed by atoms with Crippen molar-refractivity contribution in [3.63, 3.8) is 0 Å². The molecule has 0 saturated carbocycles. The molecular weight excluding hydrogens is 174 g/mol. The van der Waals surface area contributed by atoms with Crippen LogP contribution in [0.3, 0.4) is 0 Å². The van der Waals surface area contributed by atoms with Gasteiger partial charge in [0.05, 0.1) is 21.1 Å². The zero-order chi connectivity index (χ0) is 10.9. The van der Waals surface area contributed by atoms with Gasteiger partial charge < -0.3 is 0 Å². The van der Waals surface area contributed by atoms with Gasteiger partial charge in [0.25, 0.3) is 0 Å². The number of hydrogen-bond acceptors (Lipinski definition) is 1. The minimum atomic E-state index is 0.621. The van der Waals surface area contributed by atoms with Crippen LogP contribution in [-0.4, -0.2) is 32.4 Å². The first-order chi connectivity index (χ1) is 6.56. The summed E-state index contributed by atoms with van der Waals surface area (Å²) < 4.78 is 0.621. The maximum absolute atomic E-state index is 5.59. The summed E-state index contributed by atoms with van der Waals surface area (Å²) in [5.74, 6) is 0. The fraction of sp³-hybridized carbons (Fsp3) is 1.00. The van der Waals surface area contributed by atoms with Crippen molar-refractivity contribution in [1.82, 2.24) is 0 Å². The van der Waals surface area contributed by atoms with Gasteiger partial charge in [-0.1, -0.05) is 45.4 Å². The van der Waals surface area contributed by atoms with Gasteiger partial charge in [0.1, 0.15) is 6.61 Å². The van der Waals surface area contributed by atoms with Crippen LogP contribution in [0, 0.1) is 0 Å². The van der Waals surface area contributed by atoms with Gasteiger partial charge in [-0.2, -0.15) is 4.65 Å². The van der Waals surface area contributed by atoms with Gasteiger partial charge in [-0.15, -0.1) is 0 Å². The van der Waals surface area contributed by atoms with E-state index >= 15 is 0 Å². The SMILES string of the molecule is CCCCCCCCCO[N+](C)(C)C. The monoisotopic (exact) mass is 202 g/mol. The summed E-state index contributed by atoms with van der Waals surface area (Å²) in [5.41, 5.74) is 0. The molecule has 2 heteroatoms. The molecule has 0 aromatic carbocycles. The van der Waals surface area contributed by atoms with Crippen LogP contribution < -0.4 is 0 Å². The third-order valence-corrected chi connectivity index (χ3v) is 2.23. The summed E-state index contributed by atoms with van der Waals surface area (Å²) >= 11 is 0. The summed E-state index contributed by atoms with van der Waals surface area (Å²) in [6.07, 6.45) is 9.46. The van der Waals surface area contributed by atoms with Crippen molar-refractivity contribution in [1.29, 1.82) is 0 Å². The Balaban J connectivity index is 2.99. The zero-order valence-electron chi connectivity index (χ0n) is 10.5. The molecule has 0 N–H and O–H groups in total. The second-order valence-electron chi connectivity index (χ2n) is 4.84. The average molecular weight is 202 g/mol. The first-order valence-corrected chi connectivity index (χ1v) is 6.02. The molecule has 0 fully saturated rings. The van der Waals surface area contributed by atoms with E-state index in [2.05, 4.69) is 28.1 Å². The Hall–Kier alpha value is -0.0800. The standard InChI is InChI=1S/C12H28NO/c1-5-6-7-8-9-10-11-12-14-13(2,3)4/h5-12H2,1-4H3/q+1. The number of nitrogens with zero attached hydrogens (tertiary/aromatic N) is 1. The van der Waals surface area contributed by atoms with E-state index in [4.69, 9.17) is 4.84 Å². The number of hydrogen-bond donors (Lipinski definition) is 0.